The average molecular weight is 323 g/mol. The van der Waals surface area contributed by atoms with Crippen LogP contribution in [0.3, 0.4) is 0 Å². The molecule has 1 saturated carbocycles. The van der Waals surface area contributed by atoms with E-state index in [4.69, 9.17) is 4.74 Å². The van der Waals surface area contributed by atoms with Crippen LogP contribution in [-0.2, 0) is 9.53 Å². The zero-order valence-corrected chi connectivity index (χ0v) is 12.3. The summed E-state index contributed by atoms with van der Waals surface area (Å²) < 4.78 is 5.75. The Hall–Kier alpha value is -1.54. The lowest BCUT2D eigenvalue weighted by molar-refractivity contribution is -0.141. The zero-order chi connectivity index (χ0) is 13.8. The molecule has 0 spiro atoms. The molecule has 0 N–H and O–H groups in total. The minimum absolute atomic E-state index is 0.198. The zero-order valence-electron chi connectivity index (χ0n) is 10.7. The Bertz CT molecular complexity index is 521. The van der Waals surface area contributed by atoms with E-state index in [1.165, 1.54) is 0 Å². The van der Waals surface area contributed by atoms with Gasteiger partial charge < -0.3 is 9.64 Å². The minimum atomic E-state index is -0.252. The van der Waals surface area contributed by atoms with E-state index in [9.17, 15) is 10.1 Å². The van der Waals surface area contributed by atoms with Crippen molar-refractivity contribution in [3.05, 3.63) is 28.2 Å². The fourth-order valence-corrected chi connectivity index (χ4v) is 2.45. The SMILES string of the molecule is CCOC(=O)CN(c1cccc(Br)c1C#N)C1CC1. The molecule has 1 aliphatic carbocycles. The lowest BCUT2D eigenvalue weighted by Crippen LogP contribution is -2.33. The standard InChI is InChI=1S/C14H15BrN2O2/c1-2-19-14(18)9-17(10-6-7-10)13-5-3-4-12(15)11(13)8-16/h3-5,10H,2,6-7,9H2,1H3. The van der Waals surface area contributed by atoms with E-state index in [1.807, 2.05) is 23.1 Å². The largest absolute Gasteiger partial charge is 0.465 e. The predicted molar refractivity (Wildman–Crippen MR) is 75.9 cm³/mol. The number of carbonyl (C=O) groups excluding carboxylic acids is 1. The van der Waals surface area contributed by atoms with Gasteiger partial charge in [0, 0.05) is 10.5 Å². The Kier molecular flexibility index (Phi) is 4.43. The van der Waals surface area contributed by atoms with E-state index < -0.39 is 0 Å². The third kappa shape index (κ3) is 3.27. The maximum Gasteiger partial charge on any atom is 0.325 e. The third-order valence-corrected chi connectivity index (χ3v) is 3.67. The quantitative estimate of drug-likeness (QED) is 0.782. The number of benzene rings is 1. The molecule has 0 amide bonds. The minimum Gasteiger partial charge on any atom is -0.465 e. The van der Waals surface area contributed by atoms with Gasteiger partial charge in [0.25, 0.3) is 0 Å². The number of rotatable bonds is 5. The van der Waals surface area contributed by atoms with Gasteiger partial charge >= 0.3 is 5.97 Å². The van der Waals surface area contributed by atoms with E-state index in [-0.39, 0.29) is 12.5 Å². The Labute approximate surface area is 121 Å². The number of ether oxygens (including phenoxy) is 1. The molecule has 0 unspecified atom stereocenters. The predicted octanol–water partition coefficient (Wildman–Crippen LogP) is 2.85. The number of esters is 1. The molecule has 0 aliphatic heterocycles. The molecule has 2 rings (SSSR count). The van der Waals surface area contributed by atoms with Crippen molar-refractivity contribution in [2.75, 3.05) is 18.1 Å². The van der Waals surface area contributed by atoms with E-state index in [0.29, 0.717) is 18.2 Å². The van der Waals surface area contributed by atoms with Crippen molar-refractivity contribution < 1.29 is 9.53 Å². The second kappa shape index (κ2) is 6.07. The molecule has 1 aliphatic rings. The van der Waals surface area contributed by atoms with Gasteiger partial charge in [0.05, 0.1) is 17.9 Å². The van der Waals surface area contributed by atoms with E-state index in [2.05, 4.69) is 22.0 Å². The Morgan fingerprint density at radius 2 is 2.32 bits per heavy atom. The summed E-state index contributed by atoms with van der Waals surface area (Å²) in [7, 11) is 0. The molecule has 0 heterocycles. The molecular formula is C14H15BrN2O2. The van der Waals surface area contributed by atoms with Crippen molar-refractivity contribution in [1.82, 2.24) is 0 Å². The number of carbonyl (C=O) groups is 1. The Balaban J connectivity index is 2.27. The third-order valence-electron chi connectivity index (χ3n) is 3.01. The summed E-state index contributed by atoms with van der Waals surface area (Å²) in [6, 6.07) is 8.11. The molecule has 0 atom stereocenters. The molecule has 0 aromatic heterocycles. The van der Waals surface area contributed by atoms with Gasteiger partial charge in [-0.1, -0.05) is 6.07 Å². The van der Waals surface area contributed by atoms with Crippen LogP contribution in [0.15, 0.2) is 22.7 Å². The van der Waals surface area contributed by atoms with Crippen molar-refractivity contribution in [3.8, 4) is 6.07 Å². The first-order valence-corrected chi connectivity index (χ1v) is 7.07. The average Bonchev–Trinajstić information content (AvgIpc) is 3.20. The number of anilines is 1. The summed E-state index contributed by atoms with van der Waals surface area (Å²) in [5.41, 5.74) is 1.37. The summed E-state index contributed by atoms with van der Waals surface area (Å²) in [4.78, 5) is 13.7. The summed E-state index contributed by atoms with van der Waals surface area (Å²) in [6.45, 7) is 2.36. The lowest BCUT2D eigenvalue weighted by atomic mass is 10.1. The molecule has 0 saturated heterocycles. The lowest BCUT2D eigenvalue weighted by Gasteiger charge is -2.24. The van der Waals surface area contributed by atoms with Gasteiger partial charge in [-0.2, -0.15) is 5.26 Å². The fourth-order valence-electron chi connectivity index (χ4n) is 2.01. The van der Waals surface area contributed by atoms with Crippen LogP contribution in [0.5, 0.6) is 0 Å². The van der Waals surface area contributed by atoms with Gasteiger partial charge in [-0.15, -0.1) is 0 Å². The normalized spacial score (nSPS) is 13.7. The van der Waals surface area contributed by atoms with Gasteiger partial charge in [0.2, 0.25) is 0 Å². The van der Waals surface area contributed by atoms with Crippen LogP contribution in [0, 0.1) is 11.3 Å². The topological polar surface area (TPSA) is 53.3 Å². The fraction of sp³-hybridized carbons (Fsp3) is 0.429. The van der Waals surface area contributed by atoms with Crippen molar-refractivity contribution in [2.45, 2.75) is 25.8 Å². The molecule has 19 heavy (non-hydrogen) atoms. The highest BCUT2D eigenvalue weighted by Crippen LogP contribution is 2.35. The number of nitrogens with zero attached hydrogens (tertiary/aromatic N) is 2. The van der Waals surface area contributed by atoms with E-state index >= 15 is 0 Å². The van der Waals surface area contributed by atoms with Crippen LogP contribution in [0.1, 0.15) is 25.3 Å². The molecule has 100 valence electrons. The Morgan fingerprint density at radius 3 is 2.89 bits per heavy atom. The molecule has 5 heteroatoms. The Morgan fingerprint density at radius 1 is 1.58 bits per heavy atom. The highest BCUT2D eigenvalue weighted by atomic mass is 79.9. The number of hydrogen-bond donors (Lipinski definition) is 0. The van der Waals surface area contributed by atoms with Crippen LogP contribution in [0.25, 0.3) is 0 Å². The maximum atomic E-state index is 11.7. The summed E-state index contributed by atoms with van der Waals surface area (Å²) in [5, 5.41) is 9.26. The summed E-state index contributed by atoms with van der Waals surface area (Å²) in [6.07, 6.45) is 2.10. The van der Waals surface area contributed by atoms with Crippen LogP contribution < -0.4 is 4.90 Å². The van der Waals surface area contributed by atoms with E-state index in [1.54, 1.807) is 6.92 Å². The van der Waals surface area contributed by atoms with E-state index in [0.717, 1.165) is 23.0 Å². The molecule has 0 radical (unpaired) electrons. The van der Waals surface area contributed by atoms with Gasteiger partial charge in [-0.3, -0.25) is 4.79 Å². The monoisotopic (exact) mass is 322 g/mol. The summed E-state index contributed by atoms with van der Waals surface area (Å²) >= 11 is 3.38. The molecular weight excluding hydrogens is 308 g/mol. The molecule has 1 fully saturated rings. The number of hydrogen-bond acceptors (Lipinski definition) is 4. The van der Waals surface area contributed by atoms with Crippen molar-refractivity contribution in [1.29, 1.82) is 5.26 Å². The second-order valence-corrected chi connectivity index (χ2v) is 5.26. The van der Waals surface area contributed by atoms with Crippen LogP contribution in [-0.4, -0.2) is 25.2 Å². The maximum absolute atomic E-state index is 11.7. The van der Waals surface area contributed by atoms with Gasteiger partial charge in [-0.05, 0) is 47.8 Å². The van der Waals surface area contributed by atoms with Crippen LogP contribution in [0.2, 0.25) is 0 Å². The molecule has 0 bridgehead atoms. The molecule has 1 aromatic carbocycles. The smallest absolute Gasteiger partial charge is 0.325 e. The first-order chi connectivity index (χ1) is 9.17. The highest BCUT2D eigenvalue weighted by molar-refractivity contribution is 9.10. The first kappa shape index (κ1) is 13.9. The van der Waals surface area contributed by atoms with Gasteiger partial charge in [0.1, 0.15) is 12.6 Å². The molecule has 4 nitrogen and oxygen atoms in total. The van der Waals surface area contributed by atoms with Crippen molar-refractivity contribution in [3.63, 3.8) is 0 Å². The van der Waals surface area contributed by atoms with Gasteiger partial charge in [-0.25, -0.2) is 0 Å². The number of halogens is 1. The molecule has 1 aromatic rings. The first-order valence-electron chi connectivity index (χ1n) is 6.28. The van der Waals surface area contributed by atoms with Crippen LogP contribution in [0.4, 0.5) is 5.69 Å². The van der Waals surface area contributed by atoms with Crippen LogP contribution >= 0.6 is 15.9 Å². The highest BCUT2D eigenvalue weighted by Gasteiger charge is 2.32. The second-order valence-electron chi connectivity index (χ2n) is 4.41. The van der Waals surface area contributed by atoms with Crippen molar-refractivity contribution in [2.24, 2.45) is 0 Å². The van der Waals surface area contributed by atoms with Gasteiger partial charge in [0.15, 0.2) is 0 Å². The summed E-state index contributed by atoms with van der Waals surface area (Å²) in [5.74, 6) is -0.252. The van der Waals surface area contributed by atoms with Crippen molar-refractivity contribution >= 4 is 27.6 Å². The number of nitriles is 1.